The molecule has 0 atom stereocenters. The lowest BCUT2D eigenvalue weighted by Crippen LogP contribution is -2.13. The lowest BCUT2D eigenvalue weighted by molar-refractivity contribution is 1.06. The highest BCUT2D eigenvalue weighted by Crippen LogP contribution is 1.99. The molecular weight excluding hydrogens is 204 g/mol. The monoisotopic (exact) mass is 216 g/mol. The summed E-state index contributed by atoms with van der Waals surface area (Å²) in [6.07, 6.45) is 0. The van der Waals surface area contributed by atoms with Crippen molar-refractivity contribution in [3.63, 3.8) is 0 Å². The second-order valence-electron chi connectivity index (χ2n) is 2.45. The van der Waals surface area contributed by atoms with Crippen LogP contribution in [0.25, 0.3) is 0 Å². The van der Waals surface area contributed by atoms with Gasteiger partial charge in [0.05, 0.1) is 6.54 Å². The summed E-state index contributed by atoms with van der Waals surface area (Å²) in [7, 11) is 0. The van der Waals surface area contributed by atoms with Crippen LogP contribution in [0.5, 0.6) is 0 Å². The zero-order valence-corrected chi connectivity index (χ0v) is 8.89. The third-order valence-electron chi connectivity index (χ3n) is 1.47. The Balaban J connectivity index is 0.00000144. The molecule has 0 bridgehead atoms. The minimum absolute atomic E-state index is 0. The molecule has 1 aromatic rings. The van der Waals surface area contributed by atoms with Crippen LogP contribution in [0.15, 0.2) is 35.3 Å². The van der Waals surface area contributed by atoms with E-state index in [1.54, 1.807) is 0 Å². The third kappa shape index (κ3) is 4.80. The highest BCUT2D eigenvalue weighted by atomic mass is 35.5. The fourth-order valence-corrected chi connectivity index (χ4v) is 0.926. The summed E-state index contributed by atoms with van der Waals surface area (Å²) in [6.45, 7) is 0.646. The highest BCUT2D eigenvalue weighted by molar-refractivity contribution is 7.81. The molecule has 0 aliphatic carbocycles. The zero-order chi connectivity index (χ0) is 8.81. The molecule has 0 aromatic heterocycles. The van der Waals surface area contributed by atoms with E-state index in [1.807, 2.05) is 30.3 Å². The number of benzene rings is 1. The summed E-state index contributed by atoms with van der Waals surface area (Å²) in [5.41, 5.74) is 6.66. The normalized spacial score (nSPS) is 10.7. The second kappa shape index (κ2) is 6.80. The van der Waals surface area contributed by atoms with Crippen LogP contribution in [-0.4, -0.2) is 11.6 Å². The molecule has 0 saturated heterocycles. The van der Waals surface area contributed by atoms with Crippen molar-refractivity contribution in [2.75, 3.05) is 5.75 Å². The molecule has 4 heteroatoms. The van der Waals surface area contributed by atoms with Gasteiger partial charge in [0.25, 0.3) is 0 Å². The maximum absolute atomic E-state index is 5.49. The van der Waals surface area contributed by atoms with E-state index in [2.05, 4.69) is 17.6 Å². The van der Waals surface area contributed by atoms with Crippen molar-refractivity contribution >= 4 is 30.9 Å². The second-order valence-corrected chi connectivity index (χ2v) is 2.77. The van der Waals surface area contributed by atoms with E-state index < -0.39 is 0 Å². The maximum atomic E-state index is 5.49. The van der Waals surface area contributed by atoms with Gasteiger partial charge in [-0.15, -0.1) is 12.4 Å². The van der Waals surface area contributed by atoms with Gasteiger partial charge >= 0.3 is 0 Å². The van der Waals surface area contributed by atoms with Gasteiger partial charge in [-0.05, 0) is 5.56 Å². The standard InChI is InChI=1S/C9H12N2S.ClH/c10-9(7-12)11-6-8-4-2-1-3-5-8;/h1-5,12H,6-7H2,(H2,10,11);1H. The van der Waals surface area contributed by atoms with Crippen LogP contribution in [0, 0.1) is 0 Å². The fraction of sp³-hybridized carbons (Fsp3) is 0.222. The summed E-state index contributed by atoms with van der Waals surface area (Å²) in [4.78, 5) is 4.13. The zero-order valence-electron chi connectivity index (χ0n) is 7.18. The quantitative estimate of drug-likeness (QED) is 0.452. The van der Waals surface area contributed by atoms with Crippen molar-refractivity contribution < 1.29 is 0 Å². The van der Waals surface area contributed by atoms with E-state index in [0.717, 1.165) is 0 Å². The average molecular weight is 217 g/mol. The molecule has 0 amide bonds. The minimum Gasteiger partial charge on any atom is -0.387 e. The Labute approximate surface area is 90.1 Å². The van der Waals surface area contributed by atoms with Gasteiger partial charge in [-0.2, -0.15) is 12.6 Å². The highest BCUT2D eigenvalue weighted by Gasteiger charge is 1.89. The van der Waals surface area contributed by atoms with Gasteiger partial charge in [0.15, 0.2) is 0 Å². The van der Waals surface area contributed by atoms with Gasteiger partial charge in [-0.3, -0.25) is 4.99 Å². The SMILES string of the molecule is Cl.NC(CS)=NCc1ccccc1. The topological polar surface area (TPSA) is 38.4 Å². The summed E-state index contributed by atoms with van der Waals surface area (Å²) in [6, 6.07) is 10.0. The number of thiol groups is 1. The first kappa shape index (κ1) is 12.3. The van der Waals surface area contributed by atoms with E-state index in [-0.39, 0.29) is 12.4 Å². The van der Waals surface area contributed by atoms with Gasteiger partial charge in [-0.1, -0.05) is 30.3 Å². The Bertz CT molecular complexity index is 262. The van der Waals surface area contributed by atoms with Crippen LogP contribution in [0.1, 0.15) is 5.56 Å². The molecule has 0 aliphatic rings. The Morgan fingerprint density at radius 2 is 1.92 bits per heavy atom. The molecule has 0 radical (unpaired) electrons. The summed E-state index contributed by atoms with van der Waals surface area (Å²) < 4.78 is 0. The molecule has 2 N–H and O–H groups in total. The Morgan fingerprint density at radius 1 is 1.31 bits per heavy atom. The molecule has 0 heterocycles. The summed E-state index contributed by atoms with van der Waals surface area (Å²) >= 11 is 4.01. The van der Waals surface area contributed by atoms with Crippen LogP contribution in [0.2, 0.25) is 0 Å². The molecule has 0 spiro atoms. The van der Waals surface area contributed by atoms with Crippen molar-refractivity contribution in [1.82, 2.24) is 0 Å². The molecular formula is C9H13ClN2S. The first-order chi connectivity index (χ1) is 5.83. The third-order valence-corrected chi connectivity index (χ3v) is 1.79. The Kier molecular flexibility index (Phi) is 6.45. The smallest absolute Gasteiger partial charge is 0.104 e. The molecule has 0 fully saturated rings. The lowest BCUT2D eigenvalue weighted by Gasteiger charge is -1.96. The number of aliphatic imine (C=N–C) groups is 1. The van der Waals surface area contributed by atoms with Crippen LogP contribution in [0.3, 0.4) is 0 Å². The number of halogens is 1. The fourth-order valence-electron chi connectivity index (χ4n) is 0.826. The van der Waals surface area contributed by atoms with Gasteiger partial charge in [0, 0.05) is 5.75 Å². The Hall–Kier alpha value is -0.670. The van der Waals surface area contributed by atoms with Crippen LogP contribution < -0.4 is 5.73 Å². The first-order valence-corrected chi connectivity index (χ1v) is 4.39. The number of rotatable bonds is 3. The molecule has 0 saturated carbocycles. The number of nitrogens with zero attached hydrogens (tertiary/aromatic N) is 1. The van der Waals surface area contributed by atoms with E-state index in [4.69, 9.17) is 5.73 Å². The van der Waals surface area contributed by atoms with Crippen molar-refractivity contribution in [3.8, 4) is 0 Å². The molecule has 72 valence electrons. The van der Waals surface area contributed by atoms with Crippen molar-refractivity contribution in [1.29, 1.82) is 0 Å². The van der Waals surface area contributed by atoms with Crippen molar-refractivity contribution in [2.45, 2.75) is 6.54 Å². The average Bonchev–Trinajstić information content (AvgIpc) is 2.16. The predicted molar refractivity (Wildman–Crippen MR) is 62.9 cm³/mol. The van der Waals surface area contributed by atoms with Crippen LogP contribution in [-0.2, 0) is 6.54 Å². The number of nitrogens with two attached hydrogens (primary N) is 1. The molecule has 13 heavy (non-hydrogen) atoms. The largest absolute Gasteiger partial charge is 0.387 e. The molecule has 0 aliphatic heterocycles. The molecule has 1 aromatic carbocycles. The van der Waals surface area contributed by atoms with E-state index in [0.29, 0.717) is 18.1 Å². The number of hydrogen-bond acceptors (Lipinski definition) is 2. The predicted octanol–water partition coefficient (Wildman–Crippen LogP) is 1.90. The van der Waals surface area contributed by atoms with E-state index in [9.17, 15) is 0 Å². The van der Waals surface area contributed by atoms with Gasteiger partial charge < -0.3 is 5.73 Å². The number of hydrogen-bond donors (Lipinski definition) is 2. The van der Waals surface area contributed by atoms with Crippen molar-refractivity contribution in [2.24, 2.45) is 10.7 Å². The van der Waals surface area contributed by atoms with Gasteiger partial charge in [0.1, 0.15) is 5.84 Å². The lowest BCUT2D eigenvalue weighted by atomic mass is 10.2. The van der Waals surface area contributed by atoms with Gasteiger partial charge in [-0.25, -0.2) is 0 Å². The van der Waals surface area contributed by atoms with Crippen molar-refractivity contribution in [3.05, 3.63) is 35.9 Å². The van der Waals surface area contributed by atoms with E-state index >= 15 is 0 Å². The molecule has 0 unspecified atom stereocenters. The van der Waals surface area contributed by atoms with Gasteiger partial charge in [0.2, 0.25) is 0 Å². The summed E-state index contributed by atoms with van der Waals surface area (Å²) in [5.74, 6) is 1.11. The molecule has 2 nitrogen and oxygen atoms in total. The molecule has 1 rings (SSSR count). The maximum Gasteiger partial charge on any atom is 0.104 e. The number of amidine groups is 1. The van der Waals surface area contributed by atoms with E-state index in [1.165, 1.54) is 5.56 Å². The Morgan fingerprint density at radius 3 is 2.46 bits per heavy atom. The van der Waals surface area contributed by atoms with Crippen LogP contribution in [0.4, 0.5) is 0 Å². The minimum atomic E-state index is 0. The summed E-state index contributed by atoms with van der Waals surface area (Å²) in [5, 5.41) is 0. The first-order valence-electron chi connectivity index (χ1n) is 3.76. The van der Waals surface area contributed by atoms with Crippen LogP contribution >= 0.6 is 25.0 Å².